The van der Waals surface area contributed by atoms with Gasteiger partial charge in [0.2, 0.25) is 0 Å². The SMILES string of the molecule is CN(C)Cc1ccccc1C(=O)NN(C)C. The van der Waals surface area contributed by atoms with E-state index in [1.165, 1.54) is 0 Å². The number of hydrazine groups is 1. The summed E-state index contributed by atoms with van der Waals surface area (Å²) >= 11 is 0. The Labute approximate surface area is 96.8 Å². The number of benzene rings is 1. The fourth-order valence-electron chi connectivity index (χ4n) is 1.48. The van der Waals surface area contributed by atoms with Gasteiger partial charge in [-0.05, 0) is 25.7 Å². The Balaban J connectivity index is 2.89. The van der Waals surface area contributed by atoms with E-state index >= 15 is 0 Å². The Hall–Kier alpha value is -1.39. The van der Waals surface area contributed by atoms with Crippen LogP contribution in [0.5, 0.6) is 0 Å². The molecule has 1 rings (SSSR count). The lowest BCUT2D eigenvalue weighted by Gasteiger charge is -2.16. The smallest absolute Gasteiger partial charge is 0.265 e. The molecule has 0 fully saturated rings. The van der Waals surface area contributed by atoms with Gasteiger partial charge in [0.25, 0.3) is 5.91 Å². The third-order valence-electron chi connectivity index (χ3n) is 2.07. The number of hydrogen-bond donors (Lipinski definition) is 1. The van der Waals surface area contributed by atoms with Crippen molar-refractivity contribution in [1.29, 1.82) is 0 Å². The molecule has 0 aliphatic rings. The molecule has 88 valence electrons. The summed E-state index contributed by atoms with van der Waals surface area (Å²) in [7, 11) is 7.57. The highest BCUT2D eigenvalue weighted by molar-refractivity contribution is 5.95. The lowest BCUT2D eigenvalue weighted by Crippen LogP contribution is -2.36. The summed E-state index contributed by atoms with van der Waals surface area (Å²) in [4.78, 5) is 13.9. The number of nitrogens with one attached hydrogen (secondary N) is 1. The largest absolute Gasteiger partial charge is 0.305 e. The highest BCUT2D eigenvalue weighted by atomic mass is 16.2. The van der Waals surface area contributed by atoms with E-state index < -0.39 is 0 Å². The van der Waals surface area contributed by atoms with Crippen molar-refractivity contribution in [3.8, 4) is 0 Å². The molecule has 0 heterocycles. The Kier molecular flexibility index (Phi) is 4.46. The second kappa shape index (κ2) is 5.63. The summed E-state index contributed by atoms with van der Waals surface area (Å²) in [5, 5.41) is 1.65. The first-order chi connectivity index (χ1) is 7.50. The number of nitrogens with zero attached hydrogens (tertiary/aromatic N) is 2. The van der Waals surface area contributed by atoms with E-state index in [-0.39, 0.29) is 5.91 Å². The van der Waals surface area contributed by atoms with Crippen molar-refractivity contribution in [2.24, 2.45) is 0 Å². The Bertz CT molecular complexity index is 361. The fourth-order valence-corrected chi connectivity index (χ4v) is 1.48. The fraction of sp³-hybridized carbons (Fsp3) is 0.417. The molecule has 0 aliphatic heterocycles. The number of amides is 1. The number of hydrogen-bond acceptors (Lipinski definition) is 3. The molecule has 4 nitrogen and oxygen atoms in total. The van der Waals surface area contributed by atoms with Crippen LogP contribution in [0, 0.1) is 0 Å². The molecule has 1 aromatic carbocycles. The summed E-state index contributed by atoms with van der Waals surface area (Å²) in [5.41, 5.74) is 4.51. The van der Waals surface area contributed by atoms with Crippen LogP contribution in [-0.4, -0.2) is 44.0 Å². The predicted molar refractivity (Wildman–Crippen MR) is 65.0 cm³/mol. The number of carbonyl (C=O) groups is 1. The normalized spacial score (nSPS) is 10.9. The van der Waals surface area contributed by atoms with Crippen LogP contribution in [0.2, 0.25) is 0 Å². The molecular weight excluding hydrogens is 202 g/mol. The molecule has 1 amide bonds. The molecule has 0 bridgehead atoms. The molecule has 1 aromatic rings. The minimum absolute atomic E-state index is 0.0672. The quantitative estimate of drug-likeness (QED) is 0.769. The van der Waals surface area contributed by atoms with Crippen molar-refractivity contribution in [3.05, 3.63) is 35.4 Å². The van der Waals surface area contributed by atoms with Gasteiger partial charge in [-0.15, -0.1) is 0 Å². The average molecular weight is 221 g/mol. The third kappa shape index (κ3) is 3.64. The molecule has 0 spiro atoms. The van der Waals surface area contributed by atoms with Gasteiger partial charge in [0.15, 0.2) is 0 Å². The molecule has 0 unspecified atom stereocenters. The summed E-state index contributed by atoms with van der Waals surface area (Å²) in [5.74, 6) is -0.0672. The Morgan fingerprint density at radius 2 is 1.81 bits per heavy atom. The lowest BCUT2D eigenvalue weighted by atomic mass is 10.1. The number of carbonyl (C=O) groups excluding carboxylic acids is 1. The molecular formula is C12H19N3O. The topological polar surface area (TPSA) is 35.6 Å². The highest BCUT2D eigenvalue weighted by Gasteiger charge is 2.11. The van der Waals surface area contributed by atoms with Crippen molar-refractivity contribution < 1.29 is 4.79 Å². The van der Waals surface area contributed by atoms with Gasteiger partial charge >= 0.3 is 0 Å². The minimum atomic E-state index is -0.0672. The molecule has 0 aliphatic carbocycles. The van der Waals surface area contributed by atoms with Crippen LogP contribution in [-0.2, 0) is 6.54 Å². The first-order valence-corrected chi connectivity index (χ1v) is 5.21. The van der Waals surface area contributed by atoms with E-state index in [1.807, 2.05) is 43.3 Å². The van der Waals surface area contributed by atoms with Crippen molar-refractivity contribution in [2.75, 3.05) is 28.2 Å². The number of rotatable bonds is 4. The molecule has 0 saturated carbocycles. The maximum absolute atomic E-state index is 11.9. The van der Waals surface area contributed by atoms with Crippen LogP contribution in [0.15, 0.2) is 24.3 Å². The van der Waals surface area contributed by atoms with Gasteiger partial charge in [0, 0.05) is 26.2 Å². The van der Waals surface area contributed by atoms with E-state index in [0.29, 0.717) is 0 Å². The van der Waals surface area contributed by atoms with Crippen molar-refractivity contribution in [1.82, 2.24) is 15.3 Å². The Morgan fingerprint density at radius 1 is 1.19 bits per heavy atom. The first kappa shape index (κ1) is 12.7. The molecule has 4 heteroatoms. The molecule has 0 atom stereocenters. The summed E-state index contributed by atoms with van der Waals surface area (Å²) < 4.78 is 0. The van der Waals surface area contributed by atoms with Gasteiger partial charge in [-0.25, -0.2) is 5.01 Å². The zero-order chi connectivity index (χ0) is 12.1. The highest BCUT2D eigenvalue weighted by Crippen LogP contribution is 2.10. The minimum Gasteiger partial charge on any atom is -0.305 e. The van der Waals surface area contributed by atoms with Crippen LogP contribution in [0.3, 0.4) is 0 Å². The van der Waals surface area contributed by atoms with E-state index in [1.54, 1.807) is 19.1 Å². The maximum atomic E-state index is 11.9. The molecule has 1 N–H and O–H groups in total. The van der Waals surface area contributed by atoms with Crippen LogP contribution in [0.25, 0.3) is 0 Å². The van der Waals surface area contributed by atoms with Gasteiger partial charge in [-0.2, -0.15) is 0 Å². The molecule has 0 radical (unpaired) electrons. The van der Waals surface area contributed by atoms with Crippen molar-refractivity contribution in [3.63, 3.8) is 0 Å². The van der Waals surface area contributed by atoms with Crippen molar-refractivity contribution in [2.45, 2.75) is 6.54 Å². The maximum Gasteiger partial charge on any atom is 0.265 e. The van der Waals surface area contributed by atoms with Gasteiger partial charge in [0.1, 0.15) is 0 Å². The predicted octanol–water partition coefficient (Wildman–Crippen LogP) is 0.955. The lowest BCUT2D eigenvalue weighted by molar-refractivity contribution is 0.0855. The van der Waals surface area contributed by atoms with Crippen LogP contribution in [0.1, 0.15) is 15.9 Å². The zero-order valence-corrected chi connectivity index (χ0v) is 10.3. The third-order valence-corrected chi connectivity index (χ3v) is 2.07. The monoisotopic (exact) mass is 221 g/mol. The van der Waals surface area contributed by atoms with Crippen LogP contribution >= 0.6 is 0 Å². The van der Waals surface area contributed by atoms with E-state index in [4.69, 9.17) is 0 Å². The van der Waals surface area contributed by atoms with E-state index in [0.717, 1.165) is 17.7 Å². The van der Waals surface area contributed by atoms with Gasteiger partial charge in [-0.3, -0.25) is 10.2 Å². The zero-order valence-electron chi connectivity index (χ0n) is 10.3. The van der Waals surface area contributed by atoms with Gasteiger partial charge < -0.3 is 4.90 Å². The van der Waals surface area contributed by atoms with Gasteiger partial charge in [0.05, 0.1) is 0 Å². The standard InChI is InChI=1S/C12H19N3O/c1-14(2)9-10-7-5-6-8-11(10)12(16)13-15(3)4/h5-8H,9H2,1-4H3,(H,13,16). The second-order valence-electron chi connectivity index (χ2n) is 4.23. The van der Waals surface area contributed by atoms with Crippen LogP contribution in [0.4, 0.5) is 0 Å². The Morgan fingerprint density at radius 3 is 2.38 bits per heavy atom. The molecule has 0 saturated heterocycles. The second-order valence-corrected chi connectivity index (χ2v) is 4.23. The van der Waals surface area contributed by atoms with E-state index in [9.17, 15) is 4.79 Å². The average Bonchev–Trinajstić information content (AvgIpc) is 2.16. The molecule has 0 aromatic heterocycles. The first-order valence-electron chi connectivity index (χ1n) is 5.21. The van der Waals surface area contributed by atoms with Crippen molar-refractivity contribution >= 4 is 5.91 Å². The van der Waals surface area contributed by atoms with E-state index in [2.05, 4.69) is 5.43 Å². The summed E-state index contributed by atoms with van der Waals surface area (Å²) in [6.45, 7) is 0.761. The molecule has 16 heavy (non-hydrogen) atoms. The summed E-state index contributed by atoms with van der Waals surface area (Å²) in [6.07, 6.45) is 0. The summed E-state index contributed by atoms with van der Waals surface area (Å²) in [6, 6.07) is 7.65. The van der Waals surface area contributed by atoms with Crippen LogP contribution < -0.4 is 5.43 Å². The van der Waals surface area contributed by atoms with Gasteiger partial charge in [-0.1, -0.05) is 18.2 Å².